The van der Waals surface area contributed by atoms with E-state index in [4.69, 9.17) is 16.3 Å². The van der Waals surface area contributed by atoms with Crippen LogP contribution < -0.4 is 10.1 Å². The van der Waals surface area contributed by atoms with E-state index in [-0.39, 0.29) is 39.9 Å². The highest BCUT2D eigenvalue weighted by molar-refractivity contribution is 7.89. The van der Waals surface area contributed by atoms with E-state index in [2.05, 4.69) is 43.4 Å². The molecule has 1 atom stereocenters. The Hall–Kier alpha value is -2.95. The molecule has 0 aromatic heterocycles. The minimum Gasteiger partial charge on any atom is -0.495 e. The van der Waals surface area contributed by atoms with Gasteiger partial charge in [-0.3, -0.25) is 0 Å². The second-order valence-electron chi connectivity index (χ2n) is 11.3. The molecule has 1 aliphatic rings. The summed E-state index contributed by atoms with van der Waals surface area (Å²) in [5, 5.41) is 23.5. The number of carbonyl (C=O) groups is 1. The van der Waals surface area contributed by atoms with E-state index in [1.165, 1.54) is 49.5 Å². The molecule has 1 unspecified atom stereocenters. The maximum atomic E-state index is 13.6. The van der Waals surface area contributed by atoms with E-state index in [1.54, 1.807) is 12.1 Å². The molecule has 8 nitrogen and oxygen atoms in total. The van der Waals surface area contributed by atoms with E-state index < -0.39 is 22.1 Å². The largest absolute Gasteiger partial charge is 0.495 e. The molecule has 3 aromatic carbocycles. The van der Waals surface area contributed by atoms with Crippen molar-refractivity contribution in [3.63, 3.8) is 0 Å². The van der Waals surface area contributed by atoms with Crippen molar-refractivity contribution in [2.75, 3.05) is 27.2 Å². The second-order valence-corrected chi connectivity index (χ2v) is 13.7. The Labute approximate surface area is 247 Å². The number of benzene rings is 3. The van der Waals surface area contributed by atoms with Gasteiger partial charge in [0.2, 0.25) is 10.0 Å². The first-order valence-corrected chi connectivity index (χ1v) is 15.3. The molecule has 10 heteroatoms. The number of aromatic carboxylic acids is 1. The third-order valence-corrected chi connectivity index (χ3v) is 9.76. The van der Waals surface area contributed by atoms with Gasteiger partial charge in [0.25, 0.3) is 0 Å². The fraction of sp³-hybridized carbons (Fsp3) is 0.387. The minimum absolute atomic E-state index is 0.0448. The molecule has 1 aliphatic carbocycles. The number of carboxylic acid groups (broad SMARTS) is 1. The number of likely N-dealkylation sites (N-methyl/N-ethyl adjacent to an activating group) is 1. The quantitative estimate of drug-likeness (QED) is 0.272. The summed E-state index contributed by atoms with van der Waals surface area (Å²) < 4.78 is 33.6. The Kier molecular flexibility index (Phi) is 9.45. The number of nitrogens with one attached hydrogen (secondary N) is 1. The number of hydrogen-bond acceptors (Lipinski definition) is 6. The van der Waals surface area contributed by atoms with Crippen LogP contribution in [0.5, 0.6) is 5.75 Å². The van der Waals surface area contributed by atoms with E-state index >= 15 is 0 Å². The van der Waals surface area contributed by atoms with Gasteiger partial charge in [0.05, 0.1) is 23.8 Å². The number of methoxy groups -OCH3 is 1. The van der Waals surface area contributed by atoms with Crippen LogP contribution in [0.4, 0.5) is 0 Å². The van der Waals surface area contributed by atoms with Crippen LogP contribution in [-0.4, -0.2) is 67.8 Å². The van der Waals surface area contributed by atoms with Crippen LogP contribution in [0.3, 0.4) is 0 Å². The Bertz CT molecular complexity index is 1500. The number of aliphatic hydroxyl groups excluding tert-OH is 1. The van der Waals surface area contributed by atoms with Gasteiger partial charge in [-0.25, -0.2) is 13.2 Å². The molecule has 0 heterocycles. The van der Waals surface area contributed by atoms with Crippen LogP contribution in [0, 0.1) is 5.92 Å². The van der Waals surface area contributed by atoms with Crippen molar-refractivity contribution in [3.8, 4) is 16.9 Å². The number of hydrogen-bond donors (Lipinski definition) is 3. The normalized spacial score (nSPS) is 14.7. The molecule has 3 aromatic rings. The molecule has 3 N–H and O–H groups in total. The molecular formula is C31H37ClN2O6S. The standard InChI is InChI=1S/C31H37ClN2O6S/c1-31(2,17-20-13-21-7-5-6-8-22(21)14-20)33-18-25(35)19-34(3)41(38,39)29-16-24(10-12-28(29)40-4)23-9-11-26(30(36)37)27(32)15-23/h5-12,15-16,20,25,33,35H,13-14,17-19H2,1-4H3,(H,36,37). The molecule has 41 heavy (non-hydrogen) atoms. The summed E-state index contributed by atoms with van der Waals surface area (Å²) in [6.45, 7) is 4.33. The van der Waals surface area contributed by atoms with Crippen molar-refractivity contribution in [2.45, 2.75) is 49.6 Å². The summed E-state index contributed by atoms with van der Waals surface area (Å²) in [7, 11) is -1.24. The summed E-state index contributed by atoms with van der Waals surface area (Å²) in [5.41, 5.74) is 3.60. The smallest absolute Gasteiger partial charge is 0.337 e. The number of aliphatic hydroxyl groups is 1. The lowest BCUT2D eigenvalue weighted by Gasteiger charge is -2.31. The van der Waals surface area contributed by atoms with Crippen LogP contribution >= 0.6 is 11.6 Å². The minimum atomic E-state index is -4.05. The lowest BCUT2D eigenvalue weighted by molar-refractivity contribution is 0.0697. The third kappa shape index (κ3) is 7.28. The highest BCUT2D eigenvalue weighted by Gasteiger charge is 2.30. The Balaban J connectivity index is 1.42. The summed E-state index contributed by atoms with van der Waals surface area (Å²) in [4.78, 5) is 11.2. The first kappa shape index (κ1) is 31.0. The Morgan fingerprint density at radius 2 is 1.71 bits per heavy atom. The van der Waals surface area contributed by atoms with Gasteiger partial charge in [0.15, 0.2) is 0 Å². The molecule has 0 radical (unpaired) electrons. The fourth-order valence-corrected chi connectivity index (χ4v) is 7.18. The number of β-amino-alcohol motifs (C(OH)–C–C–N with tert-alkyl or cyclic N) is 1. The van der Waals surface area contributed by atoms with Crippen LogP contribution in [0.25, 0.3) is 11.1 Å². The maximum absolute atomic E-state index is 13.6. The highest BCUT2D eigenvalue weighted by Crippen LogP contribution is 2.34. The van der Waals surface area contributed by atoms with Gasteiger partial charge in [0.1, 0.15) is 10.6 Å². The molecule has 0 spiro atoms. The summed E-state index contributed by atoms with van der Waals surface area (Å²) >= 11 is 6.13. The lowest BCUT2D eigenvalue weighted by Crippen LogP contribution is -2.47. The molecule has 0 aliphatic heterocycles. The monoisotopic (exact) mass is 600 g/mol. The van der Waals surface area contributed by atoms with Crippen LogP contribution in [-0.2, 0) is 22.9 Å². The third-order valence-electron chi connectivity index (χ3n) is 7.60. The van der Waals surface area contributed by atoms with E-state index in [0.29, 0.717) is 17.0 Å². The molecule has 0 saturated carbocycles. The molecule has 0 fully saturated rings. The van der Waals surface area contributed by atoms with E-state index in [1.807, 2.05) is 0 Å². The SMILES string of the molecule is COc1ccc(-c2ccc(C(=O)O)c(Cl)c2)cc1S(=O)(=O)N(C)CC(O)CNC(C)(C)CC1Cc2ccccc2C1. The van der Waals surface area contributed by atoms with Crippen molar-refractivity contribution in [3.05, 3.63) is 82.4 Å². The summed E-state index contributed by atoms with van der Waals surface area (Å²) in [6.07, 6.45) is 2.08. The average Bonchev–Trinajstić information content (AvgIpc) is 3.32. The maximum Gasteiger partial charge on any atom is 0.337 e. The summed E-state index contributed by atoms with van der Waals surface area (Å²) in [6, 6.07) is 17.6. The molecule has 220 valence electrons. The van der Waals surface area contributed by atoms with Gasteiger partial charge in [-0.15, -0.1) is 0 Å². The predicted octanol–water partition coefficient (Wildman–Crippen LogP) is 4.87. The fourth-order valence-electron chi connectivity index (χ4n) is 5.54. The molecule has 0 amide bonds. The van der Waals surface area contributed by atoms with Crippen molar-refractivity contribution < 1.29 is 28.2 Å². The van der Waals surface area contributed by atoms with Gasteiger partial charge in [-0.2, -0.15) is 4.31 Å². The first-order chi connectivity index (χ1) is 19.3. The Morgan fingerprint density at radius 1 is 1.10 bits per heavy atom. The number of nitrogens with zero attached hydrogens (tertiary/aromatic N) is 1. The second kappa shape index (κ2) is 12.5. The van der Waals surface area contributed by atoms with Gasteiger partial charge in [-0.05, 0) is 85.5 Å². The Morgan fingerprint density at radius 3 is 2.29 bits per heavy atom. The van der Waals surface area contributed by atoms with Crippen molar-refractivity contribution in [1.29, 1.82) is 0 Å². The van der Waals surface area contributed by atoms with Gasteiger partial charge < -0.3 is 20.3 Å². The number of fused-ring (bicyclic) bond motifs is 1. The molecule has 4 rings (SSSR count). The zero-order chi connectivity index (χ0) is 29.9. The van der Waals surface area contributed by atoms with Crippen molar-refractivity contribution in [1.82, 2.24) is 9.62 Å². The van der Waals surface area contributed by atoms with Crippen LogP contribution in [0.15, 0.2) is 65.6 Å². The van der Waals surface area contributed by atoms with Gasteiger partial charge >= 0.3 is 5.97 Å². The van der Waals surface area contributed by atoms with Crippen molar-refractivity contribution >= 4 is 27.6 Å². The number of rotatable bonds is 12. The number of ether oxygens (including phenoxy) is 1. The van der Waals surface area contributed by atoms with Gasteiger partial charge in [0, 0.05) is 25.7 Å². The number of carboxylic acids is 1. The van der Waals surface area contributed by atoms with Crippen molar-refractivity contribution in [2.24, 2.45) is 5.92 Å². The van der Waals surface area contributed by atoms with Gasteiger partial charge in [-0.1, -0.05) is 48.0 Å². The molecule has 0 bridgehead atoms. The summed E-state index contributed by atoms with van der Waals surface area (Å²) in [5.74, 6) is -0.480. The first-order valence-electron chi connectivity index (χ1n) is 13.5. The zero-order valence-corrected chi connectivity index (χ0v) is 25.3. The lowest BCUT2D eigenvalue weighted by atomic mass is 9.88. The molecule has 0 saturated heterocycles. The number of sulfonamides is 1. The highest BCUT2D eigenvalue weighted by atomic mass is 35.5. The zero-order valence-electron chi connectivity index (χ0n) is 23.7. The average molecular weight is 601 g/mol. The van der Waals surface area contributed by atoms with Crippen LogP contribution in [0.1, 0.15) is 41.8 Å². The van der Waals surface area contributed by atoms with Crippen LogP contribution in [0.2, 0.25) is 5.02 Å². The van der Waals surface area contributed by atoms with E-state index in [9.17, 15) is 23.4 Å². The predicted molar refractivity (Wildman–Crippen MR) is 160 cm³/mol. The van der Waals surface area contributed by atoms with E-state index in [0.717, 1.165) is 23.6 Å². The number of halogens is 1. The molecular weight excluding hydrogens is 564 g/mol. The topological polar surface area (TPSA) is 116 Å².